The zero-order valence-electron chi connectivity index (χ0n) is 11.2. The lowest BCUT2D eigenvalue weighted by molar-refractivity contribution is -0.131. The van der Waals surface area contributed by atoms with Crippen molar-refractivity contribution in [1.29, 1.82) is 0 Å². The molecule has 19 heavy (non-hydrogen) atoms. The Kier molecular flexibility index (Phi) is 5.52. The van der Waals surface area contributed by atoms with Crippen LogP contribution in [0.1, 0.15) is 42.4 Å². The van der Waals surface area contributed by atoms with Crippen LogP contribution < -0.4 is 0 Å². The molecule has 2 atom stereocenters. The number of aliphatic carboxylic acids is 1. The van der Waals surface area contributed by atoms with Gasteiger partial charge in [-0.25, -0.2) is 4.79 Å². The molecule has 0 aliphatic heterocycles. The van der Waals surface area contributed by atoms with E-state index < -0.39 is 5.97 Å². The molecule has 2 unspecified atom stereocenters. The van der Waals surface area contributed by atoms with Gasteiger partial charge in [-0.2, -0.15) is 11.8 Å². The fourth-order valence-corrected chi connectivity index (χ4v) is 4.89. The number of thiophene rings is 1. The minimum atomic E-state index is -0.888. The van der Waals surface area contributed by atoms with Gasteiger partial charge in [0.1, 0.15) is 0 Å². The molecule has 0 amide bonds. The molecular formula is C15H20O2S2. The molecule has 0 saturated heterocycles. The topological polar surface area (TPSA) is 37.3 Å². The van der Waals surface area contributed by atoms with Crippen molar-refractivity contribution in [2.45, 2.75) is 43.6 Å². The molecule has 104 valence electrons. The zero-order valence-corrected chi connectivity index (χ0v) is 12.8. The second kappa shape index (κ2) is 7.15. The van der Waals surface area contributed by atoms with Gasteiger partial charge in [-0.1, -0.05) is 19.8 Å². The quantitative estimate of drug-likeness (QED) is 0.803. The third-order valence-corrected chi connectivity index (χ3v) is 6.03. The summed E-state index contributed by atoms with van der Waals surface area (Å²) < 4.78 is 0. The first kappa shape index (κ1) is 14.7. The van der Waals surface area contributed by atoms with E-state index in [1.54, 1.807) is 17.4 Å². The summed E-state index contributed by atoms with van der Waals surface area (Å²) in [6, 6.07) is 4.12. The summed E-state index contributed by atoms with van der Waals surface area (Å²) >= 11 is 3.76. The first-order valence-corrected chi connectivity index (χ1v) is 8.61. The molecule has 1 aromatic heterocycles. The summed E-state index contributed by atoms with van der Waals surface area (Å²) in [6.45, 7) is 2.35. The zero-order chi connectivity index (χ0) is 13.7. The van der Waals surface area contributed by atoms with Crippen LogP contribution in [0.15, 0.2) is 18.2 Å². The van der Waals surface area contributed by atoms with Gasteiger partial charge < -0.3 is 5.11 Å². The largest absolute Gasteiger partial charge is 0.478 e. The third-order valence-electron chi connectivity index (χ3n) is 3.42. The van der Waals surface area contributed by atoms with Crippen LogP contribution in [0.5, 0.6) is 0 Å². The maximum absolute atomic E-state index is 10.5. The fraction of sp³-hybridized carbons (Fsp3) is 0.533. The first-order chi connectivity index (χ1) is 9.13. The van der Waals surface area contributed by atoms with E-state index in [1.807, 2.05) is 6.07 Å². The van der Waals surface area contributed by atoms with Crippen molar-refractivity contribution >= 4 is 35.1 Å². The van der Waals surface area contributed by atoms with Crippen molar-refractivity contribution in [2.75, 3.05) is 0 Å². The normalized spacial score (nSPS) is 23.8. The van der Waals surface area contributed by atoms with Gasteiger partial charge in [-0.3, -0.25) is 0 Å². The summed E-state index contributed by atoms with van der Waals surface area (Å²) in [7, 11) is 0. The van der Waals surface area contributed by atoms with E-state index >= 15 is 0 Å². The van der Waals surface area contributed by atoms with Crippen LogP contribution in [-0.4, -0.2) is 16.3 Å². The molecular weight excluding hydrogens is 276 g/mol. The number of carboxylic acid groups (broad SMARTS) is 1. The molecule has 1 aliphatic rings. The summed E-state index contributed by atoms with van der Waals surface area (Å²) in [6.07, 6.45) is 8.33. The minimum Gasteiger partial charge on any atom is -0.478 e. The van der Waals surface area contributed by atoms with Crippen molar-refractivity contribution < 1.29 is 9.90 Å². The Morgan fingerprint density at radius 1 is 1.53 bits per heavy atom. The van der Waals surface area contributed by atoms with Gasteiger partial charge in [0.15, 0.2) is 0 Å². The number of thioether (sulfide) groups is 1. The van der Waals surface area contributed by atoms with E-state index in [9.17, 15) is 4.79 Å². The molecule has 1 saturated carbocycles. The van der Waals surface area contributed by atoms with Gasteiger partial charge in [0, 0.05) is 26.8 Å². The standard InChI is InChI=1S/C15H20O2S2/c1-11-3-2-4-13(9-11)18-10-14-6-5-12(19-14)7-8-15(16)17/h5-8,11,13H,2-4,9-10H2,1H3,(H,16,17)/b8-7+. The second-order valence-corrected chi connectivity index (χ2v) is 7.67. The lowest BCUT2D eigenvalue weighted by Crippen LogP contribution is -2.15. The SMILES string of the molecule is CC1CCCC(SCc2ccc(/C=C/C(=O)O)s2)C1. The number of hydrogen-bond acceptors (Lipinski definition) is 3. The van der Waals surface area contributed by atoms with Gasteiger partial charge >= 0.3 is 5.97 Å². The maximum Gasteiger partial charge on any atom is 0.328 e. The Bertz CT molecular complexity index is 451. The van der Waals surface area contributed by atoms with Crippen LogP contribution in [0.25, 0.3) is 6.08 Å². The maximum atomic E-state index is 10.5. The Labute approximate surface area is 122 Å². The van der Waals surface area contributed by atoms with Crippen LogP contribution in [0.3, 0.4) is 0 Å². The highest BCUT2D eigenvalue weighted by Crippen LogP contribution is 2.34. The molecule has 1 aliphatic carbocycles. The molecule has 2 nitrogen and oxygen atoms in total. The predicted molar refractivity (Wildman–Crippen MR) is 83.7 cm³/mol. The highest BCUT2D eigenvalue weighted by Gasteiger charge is 2.19. The summed E-state index contributed by atoms with van der Waals surface area (Å²) in [5.41, 5.74) is 0. The van der Waals surface area contributed by atoms with Crippen molar-refractivity contribution in [1.82, 2.24) is 0 Å². The fourth-order valence-electron chi connectivity index (χ4n) is 2.44. The van der Waals surface area contributed by atoms with Gasteiger partial charge in [0.05, 0.1) is 0 Å². The Balaban J connectivity index is 1.81. The van der Waals surface area contributed by atoms with E-state index in [0.29, 0.717) is 0 Å². The van der Waals surface area contributed by atoms with Crippen LogP contribution in [0.2, 0.25) is 0 Å². The van der Waals surface area contributed by atoms with Crippen molar-refractivity contribution in [2.24, 2.45) is 5.92 Å². The molecule has 1 heterocycles. The Morgan fingerprint density at radius 2 is 2.37 bits per heavy atom. The summed E-state index contributed by atoms with van der Waals surface area (Å²) in [5.74, 6) is 1.05. The Hall–Kier alpha value is -0.740. The van der Waals surface area contributed by atoms with Crippen LogP contribution in [0, 0.1) is 5.92 Å². The summed E-state index contributed by atoms with van der Waals surface area (Å²) in [4.78, 5) is 12.8. The van der Waals surface area contributed by atoms with Gasteiger partial charge in [-0.15, -0.1) is 11.3 Å². The van der Waals surface area contributed by atoms with E-state index in [2.05, 4.69) is 24.8 Å². The van der Waals surface area contributed by atoms with Gasteiger partial charge in [0.2, 0.25) is 0 Å². The van der Waals surface area contributed by atoms with Gasteiger partial charge in [0.25, 0.3) is 0 Å². The molecule has 0 radical (unpaired) electrons. The smallest absolute Gasteiger partial charge is 0.328 e. The van der Waals surface area contributed by atoms with E-state index in [1.165, 1.54) is 36.6 Å². The average Bonchev–Trinajstić information content (AvgIpc) is 2.82. The lowest BCUT2D eigenvalue weighted by Gasteiger charge is -2.25. The van der Waals surface area contributed by atoms with E-state index in [0.717, 1.165) is 21.8 Å². The second-order valence-electron chi connectivity index (χ2n) is 5.18. The highest BCUT2D eigenvalue weighted by atomic mass is 32.2. The average molecular weight is 296 g/mol. The molecule has 4 heteroatoms. The third kappa shape index (κ3) is 5.03. The monoisotopic (exact) mass is 296 g/mol. The number of hydrogen-bond donors (Lipinski definition) is 1. The Morgan fingerprint density at radius 3 is 3.11 bits per heavy atom. The van der Waals surface area contributed by atoms with Crippen molar-refractivity contribution in [3.05, 3.63) is 28.0 Å². The predicted octanol–water partition coefficient (Wildman–Crippen LogP) is 4.66. The molecule has 1 fully saturated rings. The van der Waals surface area contributed by atoms with E-state index in [-0.39, 0.29) is 0 Å². The van der Waals surface area contributed by atoms with E-state index in [4.69, 9.17) is 5.11 Å². The van der Waals surface area contributed by atoms with Crippen LogP contribution in [-0.2, 0) is 10.5 Å². The minimum absolute atomic E-state index is 0.809. The van der Waals surface area contributed by atoms with Crippen molar-refractivity contribution in [3.8, 4) is 0 Å². The number of rotatable bonds is 5. The van der Waals surface area contributed by atoms with Gasteiger partial charge in [-0.05, 0) is 37.0 Å². The molecule has 1 aromatic rings. The first-order valence-electron chi connectivity index (χ1n) is 6.75. The highest BCUT2D eigenvalue weighted by molar-refractivity contribution is 7.99. The van der Waals surface area contributed by atoms with Crippen molar-refractivity contribution in [3.63, 3.8) is 0 Å². The van der Waals surface area contributed by atoms with Crippen LogP contribution in [0.4, 0.5) is 0 Å². The molecule has 2 rings (SSSR count). The number of carboxylic acids is 1. The lowest BCUT2D eigenvalue weighted by atomic mass is 9.91. The molecule has 0 bridgehead atoms. The summed E-state index contributed by atoms with van der Waals surface area (Å²) in [5, 5.41) is 9.40. The molecule has 1 N–H and O–H groups in total. The number of carbonyl (C=O) groups is 1. The molecule has 0 spiro atoms. The molecule has 0 aromatic carbocycles. The van der Waals surface area contributed by atoms with Crippen LogP contribution >= 0.6 is 23.1 Å².